The fourth-order valence-corrected chi connectivity index (χ4v) is 2.42. The molecular weight excluding hydrogens is 295 g/mol. The summed E-state index contributed by atoms with van der Waals surface area (Å²) < 4.78 is 43.1. The molecule has 1 aliphatic rings. The van der Waals surface area contributed by atoms with Gasteiger partial charge in [-0.15, -0.1) is 11.6 Å². The molecule has 1 aromatic rings. The number of anilines is 1. The largest absolute Gasteiger partial charge is 0.496 e. The molecule has 0 saturated carbocycles. The molecule has 0 aliphatic carbocycles. The summed E-state index contributed by atoms with van der Waals surface area (Å²) in [7, 11) is 1.17. The molecule has 1 aliphatic heterocycles. The Morgan fingerprint density at radius 1 is 1.45 bits per heavy atom. The smallest absolute Gasteiger partial charge is 0.419 e. The third kappa shape index (κ3) is 2.85. The Hall–Kier alpha value is -1.43. The zero-order chi connectivity index (χ0) is 14.9. The van der Waals surface area contributed by atoms with E-state index in [1.165, 1.54) is 24.1 Å². The maximum absolute atomic E-state index is 12.8. The number of alkyl halides is 4. The zero-order valence-electron chi connectivity index (χ0n) is 10.7. The van der Waals surface area contributed by atoms with Crippen molar-refractivity contribution in [3.8, 4) is 5.75 Å². The summed E-state index contributed by atoms with van der Waals surface area (Å²) in [6.07, 6.45) is -4.18. The van der Waals surface area contributed by atoms with Gasteiger partial charge in [-0.2, -0.15) is 13.2 Å². The number of benzene rings is 1. The van der Waals surface area contributed by atoms with Crippen LogP contribution in [-0.4, -0.2) is 25.4 Å². The van der Waals surface area contributed by atoms with Crippen LogP contribution < -0.4 is 9.64 Å². The molecule has 1 amide bonds. The molecule has 1 atom stereocenters. The number of amides is 1. The van der Waals surface area contributed by atoms with Crippen molar-refractivity contribution in [1.82, 2.24) is 0 Å². The topological polar surface area (TPSA) is 29.5 Å². The molecule has 1 unspecified atom stereocenters. The monoisotopic (exact) mass is 307 g/mol. The number of hydrogen-bond acceptors (Lipinski definition) is 2. The van der Waals surface area contributed by atoms with Crippen LogP contribution in [0.25, 0.3) is 0 Å². The molecule has 1 aromatic carbocycles. The molecule has 20 heavy (non-hydrogen) atoms. The Morgan fingerprint density at radius 2 is 2.15 bits per heavy atom. The van der Waals surface area contributed by atoms with Gasteiger partial charge < -0.3 is 9.64 Å². The Morgan fingerprint density at radius 3 is 2.65 bits per heavy atom. The predicted octanol–water partition coefficient (Wildman–Crippen LogP) is 3.31. The minimum absolute atomic E-state index is 0.0254. The van der Waals surface area contributed by atoms with Crippen LogP contribution in [0.3, 0.4) is 0 Å². The average molecular weight is 308 g/mol. The van der Waals surface area contributed by atoms with Gasteiger partial charge in [-0.1, -0.05) is 0 Å². The lowest BCUT2D eigenvalue weighted by Crippen LogP contribution is -2.25. The first-order chi connectivity index (χ1) is 9.36. The van der Waals surface area contributed by atoms with Crippen molar-refractivity contribution in [3.05, 3.63) is 23.8 Å². The van der Waals surface area contributed by atoms with Crippen LogP contribution in [0, 0.1) is 5.92 Å². The molecule has 0 radical (unpaired) electrons. The summed E-state index contributed by atoms with van der Waals surface area (Å²) in [5.74, 6) is -0.0629. The van der Waals surface area contributed by atoms with Crippen molar-refractivity contribution in [1.29, 1.82) is 0 Å². The van der Waals surface area contributed by atoms with Crippen LogP contribution in [0.5, 0.6) is 5.75 Å². The van der Waals surface area contributed by atoms with Crippen LogP contribution in [-0.2, 0) is 11.0 Å². The van der Waals surface area contributed by atoms with E-state index in [1.807, 2.05) is 0 Å². The molecule has 0 N–H and O–H groups in total. The Labute approximate surface area is 119 Å². The second kappa shape index (κ2) is 5.52. The van der Waals surface area contributed by atoms with Gasteiger partial charge in [0.15, 0.2) is 0 Å². The van der Waals surface area contributed by atoms with Gasteiger partial charge in [0.2, 0.25) is 5.91 Å². The van der Waals surface area contributed by atoms with Gasteiger partial charge in [0.05, 0.1) is 12.7 Å². The Balaban J connectivity index is 2.33. The number of nitrogens with zero attached hydrogens (tertiary/aromatic N) is 1. The lowest BCUT2D eigenvalue weighted by Gasteiger charge is -2.19. The summed E-state index contributed by atoms with van der Waals surface area (Å²) in [6.45, 7) is 0.414. The van der Waals surface area contributed by atoms with Gasteiger partial charge in [0.1, 0.15) is 5.75 Å². The number of ether oxygens (including phenoxy) is 1. The highest BCUT2D eigenvalue weighted by molar-refractivity contribution is 6.18. The van der Waals surface area contributed by atoms with Crippen molar-refractivity contribution < 1.29 is 22.7 Å². The second-order valence-corrected chi connectivity index (χ2v) is 4.92. The molecule has 1 saturated heterocycles. The normalized spacial score (nSPS) is 19.6. The molecule has 1 heterocycles. The third-order valence-corrected chi connectivity index (χ3v) is 3.66. The quantitative estimate of drug-likeness (QED) is 0.802. The first kappa shape index (κ1) is 15.0. The van der Waals surface area contributed by atoms with Gasteiger partial charge in [-0.25, -0.2) is 0 Å². The summed E-state index contributed by atoms with van der Waals surface area (Å²) in [5.41, 5.74) is -0.461. The van der Waals surface area contributed by atoms with Crippen molar-refractivity contribution in [2.45, 2.75) is 12.6 Å². The molecule has 7 heteroatoms. The standard InChI is InChI=1S/C13H13ClF3NO2/c1-20-11-5-9(2-3-10(11)13(15,16)17)18-7-8(6-14)4-12(18)19/h2-3,5,8H,4,6-7H2,1H3. The van der Waals surface area contributed by atoms with E-state index >= 15 is 0 Å². The van der Waals surface area contributed by atoms with Gasteiger partial charge in [-0.05, 0) is 18.1 Å². The number of hydrogen-bond donors (Lipinski definition) is 0. The molecule has 0 spiro atoms. The van der Waals surface area contributed by atoms with Crippen molar-refractivity contribution in [2.75, 3.05) is 24.4 Å². The fraction of sp³-hybridized carbons (Fsp3) is 0.462. The van der Waals surface area contributed by atoms with E-state index in [0.29, 0.717) is 24.5 Å². The average Bonchev–Trinajstić information content (AvgIpc) is 2.78. The SMILES string of the molecule is COc1cc(N2CC(CCl)CC2=O)ccc1C(F)(F)F. The highest BCUT2D eigenvalue weighted by Gasteiger charge is 2.36. The number of carbonyl (C=O) groups is 1. The van der Waals surface area contributed by atoms with Crippen molar-refractivity contribution in [2.24, 2.45) is 5.92 Å². The number of halogens is 4. The van der Waals surface area contributed by atoms with Crippen molar-refractivity contribution >= 4 is 23.2 Å². The van der Waals surface area contributed by atoms with Crippen LogP contribution in [0.2, 0.25) is 0 Å². The Kier molecular flexibility index (Phi) is 4.13. The predicted molar refractivity (Wildman–Crippen MR) is 69.2 cm³/mol. The summed E-state index contributed by atoms with van der Waals surface area (Å²) in [5, 5.41) is 0. The lowest BCUT2D eigenvalue weighted by molar-refractivity contribution is -0.138. The second-order valence-electron chi connectivity index (χ2n) is 4.61. The van der Waals surface area contributed by atoms with Crippen LogP contribution in [0.15, 0.2) is 18.2 Å². The lowest BCUT2D eigenvalue weighted by atomic mass is 10.1. The van der Waals surface area contributed by atoms with Crippen molar-refractivity contribution in [3.63, 3.8) is 0 Å². The molecule has 0 aromatic heterocycles. The number of rotatable bonds is 3. The molecule has 110 valence electrons. The van der Waals surface area contributed by atoms with E-state index in [4.69, 9.17) is 16.3 Å². The van der Waals surface area contributed by atoms with E-state index in [-0.39, 0.29) is 17.6 Å². The highest BCUT2D eigenvalue weighted by atomic mass is 35.5. The third-order valence-electron chi connectivity index (χ3n) is 3.23. The minimum atomic E-state index is -4.49. The van der Waals surface area contributed by atoms with E-state index < -0.39 is 11.7 Å². The molecule has 0 bridgehead atoms. The molecule has 2 rings (SSSR count). The molecule has 3 nitrogen and oxygen atoms in total. The highest BCUT2D eigenvalue weighted by Crippen LogP contribution is 2.39. The fourth-order valence-electron chi connectivity index (χ4n) is 2.22. The van der Waals surface area contributed by atoms with Crippen LogP contribution in [0.1, 0.15) is 12.0 Å². The number of methoxy groups -OCH3 is 1. The summed E-state index contributed by atoms with van der Waals surface area (Å²) >= 11 is 5.72. The van der Waals surface area contributed by atoms with Gasteiger partial charge in [-0.3, -0.25) is 4.79 Å². The first-order valence-corrected chi connectivity index (χ1v) is 6.52. The molecule has 1 fully saturated rings. The van der Waals surface area contributed by atoms with E-state index in [2.05, 4.69) is 0 Å². The summed E-state index contributed by atoms with van der Waals surface area (Å²) in [6, 6.07) is 3.44. The number of carbonyl (C=O) groups excluding carboxylic acids is 1. The van der Waals surface area contributed by atoms with E-state index in [9.17, 15) is 18.0 Å². The Bertz CT molecular complexity index is 519. The summed E-state index contributed by atoms with van der Waals surface area (Å²) in [4.78, 5) is 13.3. The van der Waals surface area contributed by atoms with Crippen LogP contribution in [0.4, 0.5) is 18.9 Å². The van der Waals surface area contributed by atoms with Gasteiger partial charge in [0.25, 0.3) is 0 Å². The van der Waals surface area contributed by atoms with E-state index in [1.54, 1.807) is 0 Å². The maximum Gasteiger partial charge on any atom is 0.419 e. The molecular formula is C13H13ClF3NO2. The van der Waals surface area contributed by atoms with E-state index in [0.717, 1.165) is 6.07 Å². The zero-order valence-corrected chi connectivity index (χ0v) is 11.5. The first-order valence-electron chi connectivity index (χ1n) is 5.98. The van der Waals surface area contributed by atoms with Gasteiger partial charge in [0, 0.05) is 30.6 Å². The minimum Gasteiger partial charge on any atom is -0.496 e. The van der Waals surface area contributed by atoms with Crippen LogP contribution >= 0.6 is 11.6 Å². The maximum atomic E-state index is 12.8. The van der Waals surface area contributed by atoms with Gasteiger partial charge >= 0.3 is 6.18 Å².